The number of amides is 1. The molecule has 15 heavy (non-hydrogen) atoms. The second kappa shape index (κ2) is 3.12. The average molecular weight is 208 g/mol. The van der Waals surface area contributed by atoms with E-state index in [0.717, 1.165) is 5.01 Å². The zero-order valence-electron chi connectivity index (χ0n) is 7.66. The Bertz CT molecular complexity index is 424. The van der Waals surface area contributed by atoms with Gasteiger partial charge in [0.1, 0.15) is 0 Å². The molecule has 2 heterocycles. The van der Waals surface area contributed by atoms with E-state index < -0.39 is 10.9 Å². The van der Waals surface area contributed by atoms with Crippen molar-refractivity contribution in [3.63, 3.8) is 0 Å². The van der Waals surface area contributed by atoms with Gasteiger partial charge in [-0.3, -0.25) is 4.79 Å². The van der Waals surface area contributed by atoms with Crippen LogP contribution in [0.2, 0.25) is 0 Å². The largest absolute Gasteiger partial charge is 0.366 e. The predicted molar refractivity (Wildman–Crippen MR) is 50.0 cm³/mol. The summed E-state index contributed by atoms with van der Waals surface area (Å²) in [6.07, 6.45) is 5.92. The molecule has 0 aliphatic carbocycles. The van der Waals surface area contributed by atoms with Crippen LogP contribution in [0.5, 0.6) is 0 Å². The monoisotopic (exact) mass is 208 g/mol. The van der Waals surface area contributed by atoms with Crippen LogP contribution >= 0.6 is 0 Å². The molecule has 2 aliphatic rings. The number of nitrogens with zero attached hydrogens (tertiary/aromatic N) is 3. The normalized spacial score (nSPS) is 18.4. The van der Waals surface area contributed by atoms with E-state index in [0.29, 0.717) is 12.4 Å². The first kappa shape index (κ1) is 9.25. The highest BCUT2D eigenvalue weighted by atomic mass is 16.7. The molecule has 0 unspecified atom stereocenters. The first-order valence-electron chi connectivity index (χ1n) is 4.20. The summed E-state index contributed by atoms with van der Waals surface area (Å²) < 4.78 is 0. The van der Waals surface area contributed by atoms with Gasteiger partial charge in [-0.1, -0.05) is 11.1 Å². The third kappa shape index (κ3) is 1.43. The van der Waals surface area contributed by atoms with Crippen molar-refractivity contribution in [1.82, 2.24) is 9.91 Å². The Morgan fingerprint density at radius 2 is 2.27 bits per heavy atom. The van der Waals surface area contributed by atoms with Crippen molar-refractivity contribution in [2.24, 2.45) is 5.73 Å². The topological polar surface area (TPSA) is 92.7 Å². The van der Waals surface area contributed by atoms with E-state index in [9.17, 15) is 14.9 Å². The third-order valence-electron chi connectivity index (χ3n) is 2.17. The summed E-state index contributed by atoms with van der Waals surface area (Å²) in [6, 6.07) is 0. The number of nitro groups is 1. The summed E-state index contributed by atoms with van der Waals surface area (Å²) >= 11 is 0. The molecular formula is C8H8N4O3. The van der Waals surface area contributed by atoms with Crippen molar-refractivity contribution in [3.05, 3.63) is 46.1 Å². The standard InChI is InChI=1S/C8H8N4O3/c9-8(13)6-1-2-10-3-4-11(12(14)15)7(10)5-6/h1,3-5H,2H2,(H2,9,13). The lowest BCUT2D eigenvalue weighted by Crippen LogP contribution is -2.31. The minimum absolute atomic E-state index is 0.289. The molecule has 0 radical (unpaired) electrons. The van der Waals surface area contributed by atoms with E-state index in [2.05, 4.69) is 0 Å². The van der Waals surface area contributed by atoms with E-state index >= 15 is 0 Å². The van der Waals surface area contributed by atoms with Gasteiger partial charge in [-0.2, -0.15) is 0 Å². The third-order valence-corrected chi connectivity index (χ3v) is 2.17. The van der Waals surface area contributed by atoms with Gasteiger partial charge in [0.15, 0.2) is 10.9 Å². The second-order valence-electron chi connectivity index (χ2n) is 3.06. The van der Waals surface area contributed by atoms with Crippen LogP contribution in [-0.2, 0) is 4.79 Å². The molecule has 0 saturated heterocycles. The zero-order valence-corrected chi connectivity index (χ0v) is 7.66. The molecule has 0 aromatic heterocycles. The van der Waals surface area contributed by atoms with Gasteiger partial charge in [0.25, 0.3) is 0 Å². The molecule has 0 spiro atoms. The molecule has 0 aromatic carbocycles. The van der Waals surface area contributed by atoms with E-state index in [1.165, 1.54) is 12.3 Å². The summed E-state index contributed by atoms with van der Waals surface area (Å²) in [4.78, 5) is 23.2. The number of rotatable bonds is 2. The minimum Gasteiger partial charge on any atom is -0.366 e. The molecule has 2 N–H and O–H groups in total. The van der Waals surface area contributed by atoms with Crippen LogP contribution in [0.1, 0.15) is 0 Å². The fraction of sp³-hybridized carbons (Fsp3) is 0.125. The molecule has 0 bridgehead atoms. The molecule has 0 atom stereocenters. The first-order valence-corrected chi connectivity index (χ1v) is 4.20. The van der Waals surface area contributed by atoms with Crippen molar-refractivity contribution in [2.45, 2.75) is 0 Å². The number of carbonyl (C=O) groups excluding carboxylic acids is 1. The number of fused-ring (bicyclic) bond motifs is 1. The van der Waals surface area contributed by atoms with Crippen molar-refractivity contribution in [1.29, 1.82) is 0 Å². The molecule has 7 heteroatoms. The molecule has 2 rings (SSSR count). The Kier molecular flexibility index (Phi) is 1.93. The van der Waals surface area contributed by atoms with Crippen LogP contribution in [0.4, 0.5) is 0 Å². The summed E-state index contributed by atoms with van der Waals surface area (Å²) in [5.74, 6) is -0.256. The number of nitrogens with two attached hydrogens (primary N) is 1. The van der Waals surface area contributed by atoms with Crippen molar-refractivity contribution in [3.8, 4) is 0 Å². The Hall–Kier alpha value is -2.31. The van der Waals surface area contributed by atoms with Crippen LogP contribution in [0.3, 0.4) is 0 Å². The number of carbonyl (C=O) groups is 1. The highest BCUT2D eigenvalue weighted by molar-refractivity contribution is 5.95. The molecule has 0 aromatic rings. The van der Waals surface area contributed by atoms with E-state index in [4.69, 9.17) is 5.73 Å². The van der Waals surface area contributed by atoms with Crippen LogP contribution in [0.25, 0.3) is 0 Å². The maximum absolute atomic E-state index is 10.9. The van der Waals surface area contributed by atoms with Gasteiger partial charge >= 0.3 is 0 Å². The van der Waals surface area contributed by atoms with E-state index in [-0.39, 0.29) is 5.57 Å². The van der Waals surface area contributed by atoms with E-state index in [1.807, 2.05) is 0 Å². The molecule has 0 fully saturated rings. The van der Waals surface area contributed by atoms with Crippen LogP contribution in [-0.4, -0.2) is 27.4 Å². The lowest BCUT2D eigenvalue weighted by molar-refractivity contribution is -0.629. The highest BCUT2D eigenvalue weighted by Gasteiger charge is 2.30. The Morgan fingerprint density at radius 1 is 1.53 bits per heavy atom. The van der Waals surface area contributed by atoms with Gasteiger partial charge in [0.05, 0.1) is 6.20 Å². The fourth-order valence-corrected chi connectivity index (χ4v) is 1.44. The SMILES string of the molecule is NC(=O)C1=CCN2C=CN([N+](=O)[O-])C2=C1. The molecular weight excluding hydrogens is 200 g/mol. The molecule has 0 saturated carbocycles. The number of primary amides is 1. The molecule has 2 aliphatic heterocycles. The molecule has 78 valence electrons. The maximum Gasteiger partial charge on any atom is 0.248 e. The van der Waals surface area contributed by atoms with Crippen LogP contribution in [0, 0.1) is 10.1 Å². The smallest absolute Gasteiger partial charge is 0.248 e. The quantitative estimate of drug-likeness (QED) is 0.489. The summed E-state index contributed by atoms with van der Waals surface area (Å²) in [6.45, 7) is 0.408. The Balaban J connectivity index is 2.32. The maximum atomic E-state index is 10.9. The lowest BCUT2D eigenvalue weighted by Gasteiger charge is -2.21. The van der Waals surface area contributed by atoms with Gasteiger partial charge in [-0.15, -0.1) is 0 Å². The second-order valence-corrected chi connectivity index (χ2v) is 3.06. The summed E-state index contributed by atoms with van der Waals surface area (Å²) in [5, 5.41) is 10.9. The van der Waals surface area contributed by atoms with Gasteiger partial charge in [0, 0.05) is 18.3 Å². The van der Waals surface area contributed by atoms with Crippen molar-refractivity contribution >= 4 is 5.91 Å². The minimum atomic E-state index is -0.586. The highest BCUT2D eigenvalue weighted by Crippen LogP contribution is 2.24. The summed E-state index contributed by atoms with van der Waals surface area (Å²) in [5.41, 5.74) is 5.38. The average Bonchev–Trinajstić information content (AvgIpc) is 2.59. The van der Waals surface area contributed by atoms with Crippen LogP contribution < -0.4 is 5.73 Å². The zero-order chi connectivity index (χ0) is 11.0. The summed E-state index contributed by atoms with van der Waals surface area (Å²) in [7, 11) is 0. The number of hydrazine groups is 1. The molecule has 1 amide bonds. The fourth-order valence-electron chi connectivity index (χ4n) is 1.44. The van der Waals surface area contributed by atoms with Crippen LogP contribution in [0.15, 0.2) is 35.9 Å². The lowest BCUT2D eigenvalue weighted by atomic mass is 10.1. The number of hydrogen-bond donors (Lipinski definition) is 1. The Labute approximate surface area is 84.9 Å². The van der Waals surface area contributed by atoms with Gasteiger partial charge in [0.2, 0.25) is 5.91 Å². The Morgan fingerprint density at radius 3 is 2.87 bits per heavy atom. The van der Waals surface area contributed by atoms with Crippen molar-refractivity contribution in [2.75, 3.05) is 6.54 Å². The predicted octanol–water partition coefficient (Wildman–Crippen LogP) is -0.466. The van der Waals surface area contributed by atoms with Gasteiger partial charge in [-0.25, -0.2) is 10.1 Å². The van der Waals surface area contributed by atoms with E-state index in [1.54, 1.807) is 17.2 Å². The van der Waals surface area contributed by atoms with Gasteiger partial charge < -0.3 is 10.6 Å². The van der Waals surface area contributed by atoms with Crippen molar-refractivity contribution < 1.29 is 9.83 Å². The van der Waals surface area contributed by atoms with Gasteiger partial charge in [-0.05, 0) is 6.08 Å². The number of hydrogen-bond acceptors (Lipinski definition) is 4. The molecule has 7 nitrogen and oxygen atoms in total. The first-order chi connectivity index (χ1) is 7.09.